The van der Waals surface area contributed by atoms with Crippen LogP contribution in [0.15, 0.2) is 30.5 Å². The second-order valence-corrected chi connectivity index (χ2v) is 7.72. The molecule has 2 aromatic heterocycles. The molecule has 2 N–H and O–H groups in total. The van der Waals surface area contributed by atoms with Gasteiger partial charge < -0.3 is 20.3 Å². The van der Waals surface area contributed by atoms with E-state index in [0.717, 1.165) is 50.4 Å². The first-order chi connectivity index (χ1) is 13.6. The molecule has 2 aromatic rings. The third-order valence-corrected chi connectivity index (χ3v) is 5.73. The molecular weight excluding hydrogens is 356 g/mol. The van der Waals surface area contributed by atoms with Gasteiger partial charge in [0.2, 0.25) is 17.7 Å². The lowest BCUT2D eigenvalue weighted by atomic mass is 9.73. The summed E-state index contributed by atoms with van der Waals surface area (Å²) >= 11 is 0. The summed E-state index contributed by atoms with van der Waals surface area (Å²) in [6.07, 6.45) is 5.41. The van der Waals surface area contributed by atoms with E-state index in [1.807, 2.05) is 29.2 Å². The number of amides is 1. The first-order valence-corrected chi connectivity index (χ1v) is 9.68. The molecule has 0 unspecified atom stereocenters. The van der Waals surface area contributed by atoms with Gasteiger partial charge in [0, 0.05) is 43.7 Å². The van der Waals surface area contributed by atoms with E-state index in [-0.39, 0.29) is 17.3 Å². The minimum absolute atomic E-state index is 0.0634. The molecule has 1 atom stereocenters. The molecule has 1 spiro atoms. The third-order valence-electron chi connectivity index (χ3n) is 5.73. The Labute approximate surface area is 164 Å². The summed E-state index contributed by atoms with van der Waals surface area (Å²) in [7, 11) is 1.57. The zero-order valence-corrected chi connectivity index (χ0v) is 16.2. The van der Waals surface area contributed by atoms with Gasteiger partial charge in [-0.15, -0.1) is 0 Å². The van der Waals surface area contributed by atoms with Crippen LogP contribution in [-0.2, 0) is 11.3 Å². The van der Waals surface area contributed by atoms with Crippen molar-refractivity contribution in [3.63, 3.8) is 0 Å². The molecule has 0 bridgehead atoms. The van der Waals surface area contributed by atoms with Gasteiger partial charge in [-0.05, 0) is 31.4 Å². The van der Waals surface area contributed by atoms with Crippen LogP contribution in [0.5, 0.6) is 5.88 Å². The molecule has 0 radical (unpaired) electrons. The summed E-state index contributed by atoms with van der Waals surface area (Å²) in [6, 6.07) is 7.65. The number of hydrogen-bond acceptors (Lipinski definition) is 7. The number of carbonyl (C=O) groups excluding carboxylic acids is 1. The molecular formula is C20H26N6O2. The SMILES string of the molecule is COc1cc(N2CCC[C@@]3(CCC(=O)N(Cc4ccccn4)C3)C2)nc(N)n1. The highest BCUT2D eigenvalue weighted by Gasteiger charge is 2.42. The van der Waals surface area contributed by atoms with Gasteiger partial charge in [-0.1, -0.05) is 6.07 Å². The van der Waals surface area contributed by atoms with Gasteiger partial charge in [0.05, 0.1) is 19.3 Å². The van der Waals surface area contributed by atoms with Crippen molar-refractivity contribution in [2.24, 2.45) is 5.41 Å². The van der Waals surface area contributed by atoms with E-state index < -0.39 is 0 Å². The second-order valence-electron chi connectivity index (χ2n) is 7.72. The van der Waals surface area contributed by atoms with Crippen LogP contribution in [0.4, 0.5) is 11.8 Å². The first kappa shape index (κ1) is 18.5. The maximum Gasteiger partial charge on any atom is 0.225 e. The highest BCUT2D eigenvalue weighted by atomic mass is 16.5. The number of methoxy groups -OCH3 is 1. The van der Waals surface area contributed by atoms with E-state index in [9.17, 15) is 4.79 Å². The van der Waals surface area contributed by atoms with Gasteiger partial charge in [0.15, 0.2) is 0 Å². The van der Waals surface area contributed by atoms with E-state index >= 15 is 0 Å². The average molecular weight is 382 g/mol. The Morgan fingerprint density at radius 3 is 2.93 bits per heavy atom. The summed E-state index contributed by atoms with van der Waals surface area (Å²) in [5.41, 5.74) is 6.84. The van der Waals surface area contributed by atoms with Crippen molar-refractivity contribution in [1.29, 1.82) is 0 Å². The largest absolute Gasteiger partial charge is 0.481 e. The van der Waals surface area contributed by atoms with Crippen LogP contribution in [-0.4, -0.2) is 52.5 Å². The fraction of sp³-hybridized carbons (Fsp3) is 0.500. The number of nitrogen functional groups attached to an aromatic ring is 1. The van der Waals surface area contributed by atoms with Crippen molar-refractivity contribution in [3.8, 4) is 5.88 Å². The van der Waals surface area contributed by atoms with Crippen molar-refractivity contribution >= 4 is 17.7 Å². The number of anilines is 2. The van der Waals surface area contributed by atoms with Gasteiger partial charge in [0.25, 0.3) is 0 Å². The number of carbonyl (C=O) groups is 1. The third kappa shape index (κ3) is 3.85. The predicted octanol–water partition coefficient (Wildman–Crippen LogP) is 1.87. The molecule has 1 amide bonds. The van der Waals surface area contributed by atoms with Gasteiger partial charge >= 0.3 is 0 Å². The van der Waals surface area contributed by atoms with Gasteiger partial charge in [-0.2, -0.15) is 9.97 Å². The number of likely N-dealkylation sites (tertiary alicyclic amines) is 1. The Balaban J connectivity index is 1.52. The normalized spacial score (nSPS) is 22.5. The lowest BCUT2D eigenvalue weighted by Crippen LogP contribution is -2.54. The van der Waals surface area contributed by atoms with Crippen LogP contribution in [0.1, 0.15) is 31.4 Å². The number of nitrogens with two attached hydrogens (primary N) is 1. The standard InChI is InChI=1S/C20H26N6O2/c1-28-17-11-16(23-19(21)24-17)25-10-4-7-20(13-25)8-6-18(27)26(14-20)12-15-5-2-3-9-22-15/h2-3,5,9,11H,4,6-8,10,12-14H2,1H3,(H2,21,23,24)/t20-/m1/s1. The van der Waals surface area contributed by atoms with Gasteiger partial charge in [0.1, 0.15) is 5.82 Å². The van der Waals surface area contributed by atoms with Crippen LogP contribution in [0.2, 0.25) is 0 Å². The van der Waals surface area contributed by atoms with Crippen molar-refractivity contribution < 1.29 is 9.53 Å². The zero-order chi connectivity index (χ0) is 19.6. The highest BCUT2D eigenvalue weighted by molar-refractivity contribution is 5.77. The van der Waals surface area contributed by atoms with Crippen molar-refractivity contribution in [2.45, 2.75) is 32.2 Å². The maximum absolute atomic E-state index is 12.5. The molecule has 2 saturated heterocycles. The Morgan fingerprint density at radius 2 is 2.14 bits per heavy atom. The second kappa shape index (κ2) is 7.61. The van der Waals surface area contributed by atoms with Crippen LogP contribution >= 0.6 is 0 Å². The number of hydrogen-bond donors (Lipinski definition) is 1. The van der Waals surface area contributed by atoms with Crippen molar-refractivity contribution in [1.82, 2.24) is 19.9 Å². The average Bonchev–Trinajstić information content (AvgIpc) is 2.71. The number of piperidine rings is 2. The van der Waals surface area contributed by atoms with Gasteiger partial charge in [-0.25, -0.2) is 0 Å². The fourth-order valence-electron chi connectivity index (χ4n) is 4.37. The summed E-state index contributed by atoms with van der Waals surface area (Å²) in [5, 5.41) is 0. The van der Waals surface area contributed by atoms with Crippen LogP contribution in [0.25, 0.3) is 0 Å². The minimum atomic E-state index is 0.0634. The number of nitrogens with zero attached hydrogens (tertiary/aromatic N) is 5. The molecule has 8 nitrogen and oxygen atoms in total. The first-order valence-electron chi connectivity index (χ1n) is 9.68. The minimum Gasteiger partial charge on any atom is -0.481 e. The highest BCUT2D eigenvalue weighted by Crippen LogP contribution is 2.40. The number of aromatic nitrogens is 3. The molecule has 2 fully saturated rings. The molecule has 0 aliphatic carbocycles. The molecule has 148 valence electrons. The molecule has 4 rings (SSSR count). The molecule has 0 saturated carbocycles. The molecule has 4 heterocycles. The van der Waals surface area contributed by atoms with E-state index in [1.54, 1.807) is 13.3 Å². The smallest absolute Gasteiger partial charge is 0.225 e. The molecule has 2 aliphatic heterocycles. The van der Waals surface area contributed by atoms with E-state index in [2.05, 4.69) is 19.9 Å². The topological polar surface area (TPSA) is 97.5 Å². The Morgan fingerprint density at radius 1 is 1.25 bits per heavy atom. The van der Waals surface area contributed by atoms with Crippen LogP contribution in [0, 0.1) is 5.41 Å². The van der Waals surface area contributed by atoms with Crippen LogP contribution in [0.3, 0.4) is 0 Å². The van der Waals surface area contributed by atoms with Crippen molar-refractivity contribution in [3.05, 3.63) is 36.2 Å². The van der Waals surface area contributed by atoms with E-state index in [0.29, 0.717) is 18.8 Å². The lowest BCUT2D eigenvalue weighted by molar-refractivity contribution is -0.138. The van der Waals surface area contributed by atoms with Crippen molar-refractivity contribution in [2.75, 3.05) is 37.4 Å². The molecule has 0 aromatic carbocycles. The summed E-state index contributed by atoms with van der Waals surface area (Å²) < 4.78 is 5.24. The van der Waals surface area contributed by atoms with Crippen LogP contribution < -0.4 is 15.4 Å². The maximum atomic E-state index is 12.5. The monoisotopic (exact) mass is 382 g/mol. The molecule has 28 heavy (non-hydrogen) atoms. The van der Waals surface area contributed by atoms with E-state index in [1.165, 1.54) is 0 Å². The Kier molecular flexibility index (Phi) is 5.02. The number of rotatable bonds is 4. The summed E-state index contributed by atoms with van der Waals surface area (Å²) in [4.78, 5) is 29.6. The Hall–Kier alpha value is -2.90. The van der Waals surface area contributed by atoms with E-state index in [4.69, 9.17) is 10.5 Å². The molecule has 2 aliphatic rings. The fourth-order valence-corrected chi connectivity index (χ4v) is 4.37. The number of pyridine rings is 1. The Bertz CT molecular complexity index is 846. The zero-order valence-electron chi connectivity index (χ0n) is 16.2. The predicted molar refractivity (Wildman–Crippen MR) is 106 cm³/mol. The quantitative estimate of drug-likeness (QED) is 0.862. The molecule has 8 heteroatoms. The number of ether oxygens (including phenoxy) is 1. The summed E-state index contributed by atoms with van der Waals surface area (Å²) in [5.74, 6) is 1.68. The summed E-state index contributed by atoms with van der Waals surface area (Å²) in [6.45, 7) is 3.07. The lowest BCUT2D eigenvalue weighted by Gasteiger charge is -2.48. The van der Waals surface area contributed by atoms with Gasteiger partial charge in [-0.3, -0.25) is 9.78 Å².